The minimum absolute atomic E-state index is 0.558. The van der Waals surface area contributed by atoms with E-state index in [4.69, 9.17) is 0 Å². The number of nitrogens with one attached hydrogen (secondary N) is 1. The fraction of sp³-hybridized carbons (Fsp3) is 0.444. The predicted molar refractivity (Wildman–Crippen MR) is 90.6 cm³/mol. The van der Waals surface area contributed by atoms with Gasteiger partial charge >= 0.3 is 0 Å². The highest BCUT2D eigenvalue weighted by Gasteiger charge is 2.21. The van der Waals surface area contributed by atoms with E-state index >= 15 is 0 Å². The SMILES string of the molecule is CC(C)N(Cc1cccs1)CC1Cc2ccccc2CN1. The van der Waals surface area contributed by atoms with E-state index in [1.807, 2.05) is 11.3 Å². The Morgan fingerprint density at radius 1 is 1.19 bits per heavy atom. The second kappa shape index (κ2) is 6.73. The molecule has 2 nitrogen and oxygen atoms in total. The van der Waals surface area contributed by atoms with Crippen LogP contribution in [0.1, 0.15) is 29.9 Å². The first-order valence-corrected chi connectivity index (χ1v) is 8.67. The quantitative estimate of drug-likeness (QED) is 0.906. The molecule has 1 aromatic heterocycles. The second-order valence-corrected chi connectivity index (χ2v) is 7.19. The molecule has 1 atom stereocenters. The highest BCUT2D eigenvalue weighted by atomic mass is 32.1. The molecule has 0 amide bonds. The van der Waals surface area contributed by atoms with E-state index in [9.17, 15) is 0 Å². The first-order valence-electron chi connectivity index (χ1n) is 7.79. The van der Waals surface area contributed by atoms with Gasteiger partial charge in [-0.25, -0.2) is 0 Å². The van der Waals surface area contributed by atoms with Gasteiger partial charge in [0.05, 0.1) is 0 Å². The van der Waals surface area contributed by atoms with Crippen molar-refractivity contribution in [2.45, 2.75) is 45.4 Å². The standard InChI is InChI=1S/C18H24N2S/c1-14(2)20(13-18-8-5-9-21-18)12-17-10-15-6-3-4-7-16(15)11-19-17/h3-9,14,17,19H,10-13H2,1-2H3. The number of rotatable bonds is 5. The summed E-state index contributed by atoms with van der Waals surface area (Å²) in [4.78, 5) is 4.04. The molecule has 1 aliphatic rings. The Morgan fingerprint density at radius 2 is 2.00 bits per heavy atom. The maximum atomic E-state index is 3.70. The summed E-state index contributed by atoms with van der Waals surface area (Å²) in [5.74, 6) is 0. The average molecular weight is 300 g/mol. The summed E-state index contributed by atoms with van der Waals surface area (Å²) in [5.41, 5.74) is 2.98. The maximum Gasteiger partial charge on any atom is 0.0331 e. The van der Waals surface area contributed by atoms with Crippen molar-refractivity contribution in [2.24, 2.45) is 0 Å². The number of benzene rings is 1. The Labute approximate surface area is 131 Å². The van der Waals surface area contributed by atoms with Crippen LogP contribution >= 0.6 is 11.3 Å². The fourth-order valence-corrected chi connectivity index (χ4v) is 3.72. The fourth-order valence-electron chi connectivity index (χ4n) is 2.99. The molecule has 0 aliphatic carbocycles. The van der Waals surface area contributed by atoms with Crippen molar-refractivity contribution in [2.75, 3.05) is 6.54 Å². The van der Waals surface area contributed by atoms with Gasteiger partial charge in [-0.3, -0.25) is 4.90 Å². The van der Waals surface area contributed by atoms with Crippen LogP contribution in [-0.4, -0.2) is 23.5 Å². The molecular formula is C18H24N2S. The second-order valence-electron chi connectivity index (χ2n) is 6.15. The summed E-state index contributed by atoms with van der Waals surface area (Å²) in [7, 11) is 0. The molecule has 1 aromatic carbocycles. The van der Waals surface area contributed by atoms with Crippen molar-refractivity contribution in [3.05, 3.63) is 57.8 Å². The lowest BCUT2D eigenvalue weighted by Crippen LogP contribution is -2.46. The largest absolute Gasteiger partial charge is 0.308 e. The Balaban J connectivity index is 1.64. The molecule has 1 aliphatic heterocycles. The monoisotopic (exact) mass is 300 g/mol. The Bertz CT molecular complexity index is 562. The summed E-state index contributed by atoms with van der Waals surface area (Å²) in [6, 6.07) is 14.3. The molecule has 0 bridgehead atoms. The first-order chi connectivity index (χ1) is 10.2. The Kier molecular flexibility index (Phi) is 4.73. The van der Waals surface area contributed by atoms with E-state index in [2.05, 4.69) is 65.8 Å². The molecule has 21 heavy (non-hydrogen) atoms. The van der Waals surface area contributed by atoms with E-state index in [0.29, 0.717) is 12.1 Å². The zero-order valence-corrected chi connectivity index (χ0v) is 13.7. The molecule has 0 spiro atoms. The third-order valence-electron chi connectivity index (χ3n) is 4.29. The van der Waals surface area contributed by atoms with Gasteiger partial charge in [0.2, 0.25) is 0 Å². The normalized spacial score (nSPS) is 18.2. The Hall–Kier alpha value is -1.16. The Morgan fingerprint density at radius 3 is 2.71 bits per heavy atom. The van der Waals surface area contributed by atoms with E-state index in [0.717, 1.165) is 26.1 Å². The topological polar surface area (TPSA) is 15.3 Å². The molecule has 0 saturated carbocycles. The molecule has 0 fully saturated rings. The van der Waals surface area contributed by atoms with Crippen LogP contribution in [-0.2, 0) is 19.5 Å². The highest BCUT2D eigenvalue weighted by molar-refractivity contribution is 7.09. The smallest absolute Gasteiger partial charge is 0.0331 e. The summed E-state index contributed by atoms with van der Waals surface area (Å²) in [6.07, 6.45) is 1.14. The van der Waals surface area contributed by atoms with Crippen molar-refractivity contribution >= 4 is 11.3 Å². The van der Waals surface area contributed by atoms with Gasteiger partial charge in [-0.05, 0) is 42.8 Å². The number of hydrogen-bond acceptors (Lipinski definition) is 3. The zero-order valence-electron chi connectivity index (χ0n) is 12.9. The van der Waals surface area contributed by atoms with Gasteiger partial charge < -0.3 is 5.32 Å². The third kappa shape index (κ3) is 3.73. The lowest BCUT2D eigenvalue weighted by atomic mass is 9.95. The molecule has 1 unspecified atom stereocenters. The van der Waals surface area contributed by atoms with Gasteiger partial charge in [0.1, 0.15) is 0 Å². The maximum absolute atomic E-state index is 3.70. The molecule has 0 saturated heterocycles. The van der Waals surface area contributed by atoms with Gasteiger partial charge in [-0.15, -0.1) is 11.3 Å². The summed E-state index contributed by atoms with van der Waals surface area (Å²) >= 11 is 1.86. The minimum atomic E-state index is 0.558. The first kappa shape index (κ1) is 14.8. The van der Waals surface area contributed by atoms with Crippen molar-refractivity contribution in [1.29, 1.82) is 0 Å². The van der Waals surface area contributed by atoms with Gasteiger partial charge in [0, 0.05) is 36.6 Å². The molecular weight excluding hydrogens is 276 g/mol. The van der Waals surface area contributed by atoms with Crippen LogP contribution in [0.3, 0.4) is 0 Å². The molecule has 2 aromatic rings. The number of hydrogen-bond donors (Lipinski definition) is 1. The van der Waals surface area contributed by atoms with Crippen molar-refractivity contribution in [3.63, 3.8) is 0 Å². The van der Waals surface area contributed by atoms with Crippen LogP contribution < -0.4 is 5.32 Å². The third-order valence-corrected chi connectivity index (χ3v) is 5.15. The van der Waals surface area contributed by atoms with Crippen LogP contribution in [0.2, 0.25) is 0 Å². The number of thiophene rings is 1. The molecule has 3 heteroatoms. The number of fused-ring (bicyclic) bond motifs is 1. The highest BCUT2D eigenvalue weighted by Crippen LogP contribution is 2.19. The van der Waals surface area contributed by atoms with Gasteiger partial charge in [0.15, 0.2) is 0 Å². The lowest BCUT2D eigenvalue weighted by Gasteiger charge is -2.33. The zero-order chi connectivity index (χ0) is 14.7. The van der Waals surface area contributed by atoms with Crippen molar-refractivity contribution < 1.29 is 0 Å². The average Bonchev–Trinajstić information content (AvgIpc) is 2.99. The molecule has 1 N–H and O–H groups in total. The molecule has 3 rings (SSSR count). The van der Waals surface area contributed by atoms with Crippen LogP contribution in [0.15, 0.2) is 41.8 Å². The summed E-state index contributed by atoms with van der Waals surface area (Å²) in [6.45, 7) is 7.78. The van der Waals surface area contributed by atoms with Crippen molar-refractivity contribution in [1.82, 2.24) is 10.2 Å². The molecule has 0 radical (unpaired) electrons. The van der Waals surface area contributed by atoms with E-state index < -0.39 is 0 Å². The van der Waals surface area contributed by atoms with Gasteiger partial charge in [-0.1, -0.05) is 30.3 Å². The van der Waals surface area contributed by atoms with Crippen LogP contribution in [0, 0.1) is 0 Å². The predicted octanol–water partition coefficient (Wildman–Crippen LogP) is 3.67. The molecule has 112 valence electrons. The van der Waals surface area contributed by atoms with Gasteiger partial charge in [-0.2, -0.15) is 0 Å². The van der Waals surface area contributed by atoms with Crippen LogP contribution in [0.5, 0.6) is 0 Å². The van der Waals surface area contributed by atoms with Crippen LogP contribution in [0.25, 0.3) is 0 Å². The van der Waals surface area contributed by atoms with Crippen molar-refractivity contribution in [3.8, 4) is 0 Å². The van der Waals surface area contributed by atoms with E-state index in [-0.39, 0.29) is 0 Å². The minimum Gasteiger partial charge on any atom is -0.308 e. The summed E-state index contributed by atoms with van der Waals surface area (Å²) < 4.78 is 0. The lowest BCUT2D eigenvalue weighted by molar-refractivity contribution is 0.186. The van der Waals surface area contributed by atoms with Gasteiger partial charge in [0.25, 0.3) is 0 Å². The van der Waals surface area contributed by atoms with E-state index in [1.165, 1.54) is 16.0 Å². The summed E-state index contributed by atoms with van der Waals surface area (Å²) in [5, 5.41) is 5.87. The number of nitrogens with zero attached hydrogens (tertiary/aromatic N) is 1. The van der Waals surface area contributed by atoms with E-state index in [1.54, 1.807) is 0 Å². The molecule has 2 heterocycles. The van der Waals surface area contributed by atoms with Crippen LogP contribution in [0.4, 0.5) is 0 Å².